The Balaban J connectivity index is 1.84. The van der Waals surface area contributed by atoms with Crippen molar-refractivity contribution in [3.8, 4) is 28.2 Å². The second-order valence-corrected chi connectivity index (χ2v) is 7.44. The van der Waals surface area contributed by atoms with E-state index in [-0.39, 0.29) is 0 Å². The SMILES string of the molecule is Cc1ccc(-c2ccccc2)cc1-c1n(-c2ccccc2)c2ccccc2[n+]1C. The van der Waals surface area contributed by atoms with Gasteiger partial charge in [-0.15, -0.1) is 0 Å². The summed E-state index contributed by atoms with van der Waals surface area (Å²) in [5.74, 6) is 1.19. The van der Waals surface area contributed by atoms with Gasteiger partial charge < -0.3 is 0 Å². The van der Waals surface area contributed by atoms with Gasteiger partial charge >= 0.3 is 0 Å². The van der Waals surface area contributed by atoms with Gasteiger partial charge in [-0.05, 0) is 53.9 Å². The predicted octanol–water partition coefficient (Wildman–Crippen LogP) is 6.10. The summed E-state index contributed by atoms with van der Waals surface area (Å²) in [5.41, 5.74) is 8.57. The van der Waals surface area contributed by atoms with Crippen molar-refractivity contribution in [3.63, 3.8) is 0 Å². The van der Waals surface area contributed by atoms with E-state index in [1.54, 1.807) is 0 Å². The fourth-order valence-corrected chi connectivity index (χ4v) is 4.13. The van der Waals surface area contributed by atoms with Crippen LogP contribution in [0.25, 0.3) is 39.2 Å². The molecule has 140 valence electrons. The van der Waals surface area contributed by atoms with Gasteiger partial charge in [-0.2, -0.15) is 4.57 Å². The maximum atomic E-state index is 2.37. The van der Waals surface area contributed by atoms with Gasteiger partial charge in [-0.25, -0.2) is 4.57 Å². The highest BCUT2D eigenvalue weighted by Crippen LogP contribution is 2.32. The van der Waals surface area contributed by atoms with E-state index in [9.17, 15) is 0 Å². The molecule has 2 heteroatoms. The Morgan fingerprint density at radius 1 is 0.655 bits per heavy atom. The number of aromatic nitrogens is 2. The minimum absolute atomic E-state index is 1.17. The first-order valence-electron chi connectivity index (χ1n) is 9.95. The van der Waals surface area contributed by atoms with Crippen molar-refractivity contribution in [1.29, 1.82) is 0 Å². The molecule has 0 bridgehead atoms. The Kier molecular flexibility index (Phi) is 4.25. The van der Waals surface area contributed by atoms with Crippen LogP contribution >= 0.6 is 0 Å². The Morgan fingerprint density at radius 2 is 1.31 bits per heavy atom. The van der Waals surface area contributed by atoms with Gasteiger partial charge in [0.2, 0.25) is 0 Å². The number of aryl methyl sites for hydroxylation is 2. The first-order chi connectivity index (χ1) is 14.2. The molecule has 0 amide bonds. The molecule has 1 aromatic heterocycles. The Hall–Kier alpha value is -3.65. The highest BCUT2D eigenvalue weighted by molar-refractivity contribution is 5.81. The quantitative estimate of drug-likeness (QED) is 0.337. The normalized spacial score (nSPS) is 11.1. The van der Waals surface area contributed by atoms with E-state index in [1.165, 1.54) is 44.8 Å². The first kappa shape index (κ1) is 17.4. The number of imidazole rings is 1. The van der Waals surface area contributed by atoms with Gasteiger partial charge in [0.15, 0.2) is 11.0 Å². The number of para-hydroxylation sites is 3. The van der Waals surface area contributed by atoms with Crippen molar-refractivity contribution < 1.29 is 4.57 Å². The van der Waals surface area contributed by atoms with Gasteiger partial charge in [0, 0.05) is 0 Å². The summed E-state index contributed by atoms with van der Waals surface area (Å²) < 4.78 is 4.67. The Bertz CT molecular complexity index is 1300. The molecule has 0 aliphatic carbocycles. The van der Waals surface area contributed by atoms with Crippen molar-refractivity contribution in [3.05, 3.63) is 109 Å². The molecule has 0 N–H and O–H groups in total. The van der Waals surface area contributed by atoms with Crippen LogP contribution in [0.1, 0.15) is 5.56 Å². The molecule has 0 aliphatic rings. The van der Waals surface area contributed by atoms with Gasteiger partial charge in [0.25, 0.3) is 5.82 Å². The van der Waals surface area contributed by atoms with Crippen LogP contribution in [-0.2, 0) is 7.05 Å². The third-order valence-electron chi connectivity index (χ3n) is 5.61. The summed E-state index contributed by atoms with van der Waals surface area (Å²) in [6.45, 7) is 2.19. The molecule has 0 saturated carbocycles. The summed E-state index contributed by atoms with van der Waals surface area (Å²) in [7, 11) is 2.16. The summed E-state index contributed by atoms with van der Waals surface area (Å²) in [4.78, 5) is 0. The molecule has 0 saturated heterocycles. The molecular weight excluding hydrogens is 352 g/mol. The molecule has 0 aliphatic heterocycles. The highest BCUT2D eigenvalue weighted by atomic mass is 15.2. The minimum Gasteiger partial charge on any atom is -0.225 e. The molecule has 5 rings (SSSR count). The zero-order chi connectivity index (χ0) is 19.8. The average Bonchev–Trinajstić information content (AvgIpc) is 3.08. The summed E-state index contributed by atoms with van der Waals surface area (Å²) in [6, 6.07) is 36.5. The van der Waals surface area contributed by atoms with Crippen molar-refractivity contribution in [2.75, 3.05) is 0 Å². The minimum atomic E-state index is 1.17. The lowest BCUT2D eigenvalue weighted by molar-refractivity contribution is -0.633. The molecule has 1 heterocycles. The highest BCUT2D eigenvalue weighted by Gasteiger charge is 2.26. The number of rotatable bonds is 3. The molecular formula is C27H23N2+. The van der Waals surface area contributed by atoms with Crippen LogP contribution in [-0.4, -0.2) is 4.57 Å². The number of hydrogen-bond donors (Lipinski definition) is 0. The fraction of sp³-hybridized carbons (Fsp3) is 0.0741. The van der Waals surface area contributed by atoms with Crippen molar-refractivity contribution in [2.45, 2.75) is 6.92 Å². The summed E-state index contributed by atoms with van der Waals surface area (Å²) in [5, 5.41) is 0. The molecule has 4 aromatic carbocycles. The lowest BCUT2D eigenvalue weighted by Crippen LogP contribution is -2.30. The van der Waals surface area contributed by atoms with Crippen molar-refractivity contribution >= 4 is 11.0 Å². The Labute approximate surface area is 171 Å². The molecule has 0 spiro atoms. The zero-order valence-corrected chi connectivity index (χ0v) is 16.7. The first-order valence-corrected chi connectivity index (χ1v) is 9.95. The topological polar surface area (TPSA) is 8.81 Å². The molecule has 2 nitrogen and oxygen atoms in total. The van der Waals surface area contributed by atoms with Crippen molar-refractivity contribution in [1.82, 2.24) is 4.57 Å². The van der Waals surface area contributed by atoms with Crippen LogP contribution in [0.15, 0.2) is 103 Å². The van der Waals surface area contributed by atoms with E-state index in [4.69, 9.17) is 0 Å². The molecule has 29 heavy (non-hydrogen) atoms. The molecule has 0 radical (unpaired) electrons. The van der Waals surface area contributed by atoms with Crippen LogP contribution in [0.3, 0.4) is 0 Å². The van der Waals surface area contributed by atoms with Crippen LogP contribution in [0.4, 0.5) is 0 Å². The lowest BCUT2D eigenvalue weighted by atomic mass is 9.99. The molecule has 0 fully saturated rings. The van der Waals surface area contributed by atoms with Crippen LogP contribution in [0.2, 0.25) is 0 Å². The monoisotopic (exact) mass is 375 g/mol. The van der Waals surface area contributed by atoms with Gasteiger partial charge in [0.05, 0.1) is 12.6 Å². The van der Waals surface area contributed by atoms with E-state index in [0.717, 1.165) is 0 Å². The third kappa shape index (κ3) is 2.94. The smallest absolute Gasteiger partial charge is 0.225 e. The zero-order valence-electron chi connectivity index (χ0n) is 16.7. The number of benzene rings is 4. The largest absolute Gasteiger partial charge is 0.295 e. The van der Waals surface area contributed by atoms with Gasteiger partial charge in [-0.1, -0.05) is 72.8 Å². The maximum Gasteiger partial charge on any atom is 0.295 e. The number of fused-ring (bicyclic) bond motifs is 1. The van der Waals surface area contributed by atoms with E-state index < -0.39 is 0 Å². The number of nitrogens with zero attached hydrogens (tertiary/aromatic N) is 2. The van der Waals surface area contributed by atoms with E-state index in [0.29, 0.717) is 0 Å². The summed E-state index contributed by atoms with van der Waals surface area (Å²) in [6.07, 6.45) is 0. The third-order valence-corrected chi connectivity index (χ3v) is 5.61. The van der Waals surface area contributed by atoms with E-state index in [2.05, 4.69) is 126 Å². The lowest BCUT2D eigenvalue weighted by Gasteiger charge is -2.09. The van der Waals surface area contributed by atoms with Crippen LogP contribution < -0.4 is 4.57 Å². The maximum absolute atomic E-state index is 2.37. The summed E-state index contributed by atoms with van der Waals surface area (Å²) >= 11 is 0. The van der Waals surface area contributed by atoms with Gasteiger partial charge in [-0.3, -0.25) is 0 Å². The molecule has 0 unspecified atom stereocenters. The van der Waals surface area contributed by atoms with E-state index in [1.807, 2.05) is 0 Å². The Morgan fingerprint density at radius 3 is 2.07 bits per heavy atom. The predicted molar refractivity (Wildman–Crippen MR) is 120 cm³/mol. The van der Waals surface area contributed by atoms with Crippen LogP contribution in [0.5, 0.6) is 0 Å². The van der Waals surface area contributed by atoms with Crippen LogP contribution in [0, 0.1) is 6.92 Å². The van der Waals surface area contributed by atoms with E-state index >= 15 is 0 Å². The molecule has 0 atom stereocenters. The average molecular weight is 375 g/mol. The second kappa shape index (κ2) is 7.06. The molecule has 5 aromatic rings. The van der Waals surface area contributed by atoms with Crippen molar-refractivity contribution in [2.24, 2.45) is 7.05 Å². The fourth-order valence-electron chi connectivity index (χ4n) is 4.13. The standard InChI is InChI=1S/C27H23N2/c1-20-17-18-22(21-11-5-3-6-12-21)19-24(20)27-28(2)25-15-9-10-16-26(25)29(27)23-13-7-4-8-14-23/h3-19H,1-2H3/q+1. The second-order valence-electron chi connectivity index (χ2n) is 7.44. The number of hydrogen-bond acceptors (Lipinski definition) is 0. The van der Waals surface area contributed by atoms with Gasteiger partial charge in [0.1, 0.15) is 5.69 Å².